The van der Waals surface area contributed by atoms with Crippen molar-refractivity contribution >= 4 is 29.1 Å². The van der Waals surface area contributed by atoms with Crippen LogP contribution in [0.3, 0.4) is 0 Å². The van der Waals surface area contributed by atoms with E-state index in [9.17, 15) is 31.1 Å². The van der Waals surface area contributed by atoms with Gasteiger partial charge in [-0.15, -0.1) is 0 Å². The topological polar surface area (TPSA) is 46.9 Å². The van der Waals surface area contributed by atoms with E-state index in [0.29, 0.717) is 33.4 Å². The quantitative estimate of drug-likeness (QED) is 0.246. The summed E-state index contributed by atoms with van der Waals surface area (Å²) >= 11 is 12.2. The van der Waals surface area contributed by atoms with Crippen molar-refractivity contribution in [1.82, 2.24) is 14.9 Å². The number of alkyl halides is 6. The highest BCUT2D eigenvalue weighted by atomic mass is 35.5. The molecule has 12 heteroatoms. The second kappa shape index (κ2) is 10.3. The number of nitrogens with zero attached hydrogens (tertiary/aromatic N) is 2. The summed E-state index contributed by atoms with van der Waals surface area (Å²) in [7, 11) is 0. The van der Waals surface area contributed by atoms with Gasteiger partial charge in [-0.2, -0.15) is 26.3 Å². The zero-order valence-corrected chi connectivity index (χ0v) is 20.9. The molecule has 0 saturated carbocycles. The van der Waals surface area contributed by atoms with E-state index in [1.165, 1.54) is 41.4 Å². The molecule has 3 aromatic carbocycles. The number of halogens is 8. The van der Waals surface area contributed by atoms with Crippen LogP contribution in [0.15, 0.2) is 67.1 Å². The highest BCUT2D eigenvalue weighted by molar-refractivity contribution is 6.35. The third kappa shape index (κ3) is 5.97. The Balaban J connectivity index is 1.59. The Hall–Kier alpha value is -3.50. The normalized spacial score (nSPS) is 12.0. The summed E-state index contributed by atoms with van der Waals surface area (Å²) in [5, 5.41) is 3.60. The number of carbonyl (C=O) groups is 1. The number of benzene rings is 3. The first-order chi connectivity index (χ1) is 17.7. The Kier molecular flexibility index (Phi) is 7.49. The van der Waals surface area contributed by atoms with Crippen LogP contribution >= 0.6 is 23.2 Å². The summed E-state index contributed by atoms with van der Waals surface area (Å²) in [6, 6.07) is 10.3. The number of carbonyl (C=O) groups excluding carboxylic acids is 1. The van der Waals surface area contributed by atoms with Gasteiger partial charge in [0.1, 0.15) is 5.69 Å². The molecule has 0 fully saturated rings. The molecule has 1 aromatic heterocycles. The van der Waals surface area contributed by atoms with Crippen LogP contribution in [-0.4, -0.2) is 15.5 Å². The molecule has 38 heavy (non-hydrogen) atoms. The number of amides is 1. The summed E-state index contributed by atoms with van der Waals surface area (Å²) in [6.45, 7) is 1.91. The molecule has 0 aliphatic carbocycles. The standard InChI is InChI=1S/C26H17Cl2F6N3O/c1-14-6-19(27)10-22(28)21(14)11-36-24(38)23-12-35-13-37(23)20-4-2-15(3-5-20)16-7-17(25(29,30)31)9-18(8-16)26(32,33)34/h2-10,12-13H,11H2,1H3,(H,36,38). The summed E-state index contributed by atoms with van der Waals surface area (Å²) in [4.78, 5) is 16.8. The Morgan fingerprint density at radius 2 is 1.50 bits per heavy atom. The van der Waals surface area contributed by atoms with E-state index >= 15 is 0 Å². The van der Waals surface area contributed by atoms with Gasteiger partial charge in [0.2, 0.25) is 0 Å². The molecule has 4 aromatic rings. The van der Waals surface area contributed by atoms with E-state index in [0.717, 1.165) is 5.56 Å². The van der Waals surface area contributed by atoms with Crippen molar-refractivity contribution in [3.63, 3.8) is 0 Å². The lowest BCUT2D eigenvalue weighted by Gasteiger charge is -2.15. The molecule has 0 radical (unpaired) electrons. The van der Waals surface area contributed by atoms with E-state index in [2.05, 4.69) is 10.3 Å². The molecular formula is C26H17Cl2F6N3O. The first kappa shape index (κ1) is 27.5. The van der Waals surface area contributed by atoms with Crippen LogP contribution in [0.25, 0.3) is 16.8 Å². The molecule has 0 atom stereocenters. The maximum absolute atomic E-state index is 13.2. The fourth-order valence-corrected chi connectivity index (χ4v) is 4.48. The lowest BCUT2D eigenvalue weighted by Crippen LogP contribution is -2.25. The first-order valence-corrected chi connectivity index (χ1v) is 11.6. The number of rotatable bonds is 5. The van der Waals surface area contributed by atoms with Gasteiger partial charge in [0.05, 0.1) is 23.7 Å². The Labute approximate surface area is 222 Å². The van der Waals surface area contributed by atoms with Crippen LogP contribution < -0.4 is 5.32 Å². The van der Waals surface area contributed by atoms with Crippen LogP contribution in [0.2, 0.25) is 10.0 Å². The number of imidazole rings is 1. The Morgan fingerprint density at radius 1 is 0.895 bits per heavy atom. The van der Waals surface area contributed by atoms with Crippen molar-refractivity contribution in [3.05, 3.63) is 105 Å². The lowest BCUT2D eigenvalue weighted by atomic mass is 9.99. The lowest BCUT2D eigenvalue weighted by molar-refractivity contribution is -0.143. The molecular weight excluding hydrogens is 555 g/mol. The monoisotopic (exact) mass is 571 g/mol. The highest BCUT2D eigenvalue weighted by Gasteiger charge is 2.37. The zero-order chi connectivity index (χ0) is 27.8. The fraction of sp³-hybridized carbons (Fsp3) is 0.154. The van der Waals surface area contributed by atoms with Crippen molar-refractivity contribution in [2.45, 2.75) is 25.8 Å². The minimum absolute atomic E-state index is 0.0764. The van der Waals surface area contributed by atoms with Crippen molar-refractivity contribution in [1.29, 1.82) is 0 Å². The predicted octanol–water partition coefficient (Wildman–Crippen LogP) is 8.12. The predicted molar refractivity (Wildman–Crippen MR) is 131 cm³/mol. The molecule has 1 heterocycles. The van der Waals surface area contributed by atoms with E-state index in [1.54, 1.807) is 19.1 Å². The third-order valence-corrected chi connectivity index (χ3v) is 6.30. The molecule has 0 aliphatic rings. The van der Waals surface area contributed by atoms with Crippen molar-refractivity contribution < 1.29 is 31.1 Å². The molecule has 0 unspecified atom stereocenters. The van der Waals surface area contributed by atoms with Crippen molar-refractivity contribution in [2.75, 3.05) is 0 Å². The zero-order valence-electron chi connectivity index (χ0n) is 19.4. The van der Waals surface area contributed by atoms with Crippen molar-refractivity contribution in [2.24, 2.45) is 0 Å². The van der Waals surface area contributed by atoms with Gasteiger partial charge >= 0.3 is 12.4 Å². The maximum atomic E-state index is 13.2. The summed E-state index contributed by atoms with van der Waals surface area (Å²) < 4.78 is 80.8. The van der Waals surface area contributed by atoms with E-state index in [-0.39, 0.29) is 29.4 Å². The largest absolute Gasteiger partial charge is 0.416 e. The molecule has 1 amide bonds. The number of hydrogen-bond donors (Lipinski definition) is 1. The fourth-order valence-electron chi connectivity index (χ4n) is 3.82. The summed E-state index contributed by atoms with van der Waals surface area (Å²) in [6.07, 6.45) is -7.23. The number of hydrogen-bond acceptors (Lipinski definition) is 2. The molecule has 0 saturated heterocycles. The molecule has 1 N–H and O–H groups in total. The van der Waals surface area contributed by atoms with Crippen LogP contribution in [0.4, 0.5) is 26.3 Å². The minimum atomic E-state index is -4.95. The SMILES string of the molecule is Cc1cc(Cl)cc(Cl)c1CNC(=O)c1cncn1-c1ccc(-c2cc(C(F)(F)F)cc(C(F)(F)F)c2)cc1. The van der Waals surface area contributed by atoms with Gasteiger partial charge in [-0.1, -0.05) is 35.3 Å². The second-order valence-corrected chi connectivity index (χ2v) is 9.20. The molecule has 0 bridgehead atoms. The Morgan fingerprint density at radius 3 is 2.05 bits per heavy atom. The first-order valence-electron chi connectivity index (χ1n) is 10.9. The molecule has 0 spiro atoms. The molecule has 4 rings (SSSR count). The average Bonchev–Trinajstić information content (AvgIpc) is 3.32. The van der Waals surface area contributed by atoms with Crippen LogP contribution in [0.5, 0.6) is 0 Å². The van der Waals surface area contributed by atoms with Crippen LogP contribution in [-0.2, 0) is 18.9 Å². The van der Waals surface area contributed by atoms with E-state index in [1.807, 2.05) is 0 Å². The molecule has 198 valence electrons. The molecule has 4 nitrogen and oxygen atoms in total. The van der Waals surface area contributed by atoms with Crippen LogP contribution in [0.1, 0.15) is 32.7 Å². The maximum Gasteiger partial charge on any atom is 0.416 e. The Bertz CT molecular complexity index is 1440. The van der Waals surface area contributed by atoms with Gasteiger partial charge in [0.25, 0.3) is 5.91 Å². The minimum Gasteiger partial charge on any atom is -0.347 e. The molecule has 0 aliphatic heterocycles. The van der Waals surface area contributed by atoms with Gasteiger partial charge in [-0.05, 0) is 71.6 Å². The third-order valence-electron chi connectivity index (χ3n) is 5.75. The number of nitrogens with one attached hydrogen (secondary N) is 1. The van der Waals surface area contributed by atoms with Gasteiger partial charge < -0.3 is 5.32 Å². The van der Waals surface area contributed by atoms with E-state index < -0.39 is 29.4 Å². The average molecular weight is 572 g/mol. The summed E-state index contributed by atoms with van der Waals surface area (Å²) in [5.41, 5.74) is -0.901. The van der Waals surface area contributed by atoms with Gasteiger partial charge in [-0.25, -0.2) is 4.98 Å². The van der Waals surface area contributed by atoms with Crippen LogP contribution in [0, 0.1) is 6.92 Å². The number of aryl methyl sites for hydroxylation is 1. The highest BCUT2D eigenvalue weighted by Crippen LogP contribution is 2.38. The van der Waals surface area contributed by atoms with E-state index in [4.69, 9.17) is 23.2 Å². The van der Waals surface area contributed by atoms with Gasteiger partial charge in [-0.3, -0.25) is 9.36 Å². The van der Waals surface area contributed by atoms with Gasteiger partial charge in [0, 0.05) is 22.3 Å². The summed E-state index contributed by atoms with van der Waals surface area (Å²) in [5.74, 6) is -0.482. The van der Waals surface area contributed by atoms with Gasteiger partial charge in [0.15, 0.2) is 0 Å². The number of aromatic nitrogens is 2. The second-order valence-electron chi connectivity index (χ2n) is 8.36. The smallest absolute Gasteiger partial charge is 0.347 e. The van der Waals surface area contributed by atoms with Crippen molar-refractivity contribution in [3.8, 4) is 16.8 Å².